The van der Waals surface area contributed by atoms with Gasteiger partial charge in [-0.15, -0.1) is 0 Å². The molecule has 3 N–H and O–H groups in total. The summed E-state index contributed by atoms with van der Waals surface area (Å²) >= 11 is 0. The van der Waals surface area contributed by atoms with Gasteiger partial charge in [-0.05, 0) is 89.9 Å². The lowest BCUT2D eigenvalue weighted by Gasteiger charge is -2.20. The molecule has 1 amide bonds. The molecule has 0 spiro atoms. The maximum atomic E-state index is 12.4. The number of nitrogens with one attached hydrogen (secondary N) is 1. The Bertz CT molecular complexity index is 1130. The van der Waals surface area contributed by atoms with Gasteiger partial charge in [0, 0.05) is 12.8 Å². The Labute approximate surface area is 416 Å². The fraction of sp³-hybridized carbons (Fsp3) is 0.836. The lowest BCUT2D eigenvalue weighted by molar-refractivity contribution is -0.143. The van der Waals surface area contributed by atoms with E-state index >= 15 is 0 Å². The second-order valence-corrected chi connectivity index (χ2v) is 20.0. The zero-order valence-electron chi connectivity index (χ0n) is 44.6. The van der Waals surface area contributed by atoms with Gasteiger partial charge in [-0.3, -0.25) is 9.59 Å². The van der Waals surface area contributed by atoms with Crippen LogP contribution in [0.2, 0.25) is 0 Å². The molecule has 0 fully saturated rings. The van der Waals surface area contributed by atoms with Crippen LogP contribution in [-0.4, -0.2) is 47.4 Å². The van der Waals surface area contributed by atoms with Gasteiger partial charge in [0.2, 0.25) is 5.91 Å². The van der Waals surface area contributed by atoms with E-state index in [2.05, 4.69) is 55.6 Å². The molecular weight excluding hydrogens is 827 g/mol. The van der Waals surface area contributed by atoms with Crippen LogP contribution in [0.5, 0.6) is 0 Å². The third-order valence-corrected chi connectivity index (χ3v) is 13.3. The third-order valence-electron chi connectivity index (χ3n) is 13.3. The normalized spacial score (nSPS) is 13.0. The summed E-state index contributed by atoms with van der Waals surface area (Å²) in [6, 6.07) is -0.630. The van der Waals surface area contributed by atoms with Crippen LogP contribution >= 0.6 is 0 Å². The van der Waals surface area contributed by atoms with E-state index < -0.39 is 12.1 Å². The Kier molecular flexibility index (Phi) is 54.6. The summed E-state index contributed by atoms with van der Waals surface area (Å²) in [5, 5.41) is 23.0. The van der Waals surface area contributed by atoms with Gasteiger partial charge in [0.1, 0.15) is 0 Å². The van der Waals surface area contributed by atoms with E-state index in [0.29, 0.717) is 19.4 Å². The van der Waals surface area contributed by atoms with E-state index in [1.54, 1.807) is 6.08 Å². The molecule has 6 heteroatoms. The number of unbranched alkanes of at least 4 members (excludes halogenated alkanes) is 37. The van der Waals surface area contributed by atoms with E-state index in [9.17, 15) is 19.8 Å². The van der Waals surface area contributed by atoms with Gasteiger partial charge in [0.15, 0.2) is 0 Å². The topological polar surface area (TPSA) is 95.9 Å². The van der Waals surface area contributed by atoms with E-state index in [1.165, 1.54) is 225 Å². The minimum absolute atomic E-state index is 0.00209. The first-order chi connectivity index (χ1) is 33.0. The predicted octanol–water partition coefficient (Wildman–Crippen LogP) is 18.2. The second kappa shape index (κ2) is 56.4. The molecule has 0 heterocycles. The molecule has 6 nitrogen and oxygen atoms in total. The maximum Gasteiger partial charge on any atom is 0.305 e. The molecule has 0 saturated carbocycles. The fourth-order valence-corrected chi connectivity index (χ4v) is 8.78. The van der Waals surface area contributed by atoms with Crippen LogP contribution in [0.15, 0.2) is 48.6 Å². The van der Waals surface area contributed by atoms with Crippen molar-refractivity contribution in [3.05, 3.63) is 48.6 Å². The number of carbonyl (C=O) groups excluding carboxylic acids is 2. The SMILES string of the molecule is CCCCCC/C=C\C/C=C\CCCCCCCC(=O)OCCCCCCCCCCCCCC/C=C\CCCCCCCCCCC(=O)NC(CO)C(O)/C=C/CCCCCCCCCC. The molecule has 0 bridgehead atoms. The number of aliphatic hydroxyl groups excluding tert-OH is 2. The molecule has 0 aliphatic carbocycles. The number of allylic oxidation sites excluding steroid dienone is 7. The number of hydrogen-bond acceptors (Lipinski definition) is 5. The molecule has 2 atom stereocenters. The second-order valence-electron chi connectivity index (χ2n) is 20.0. The predicted molar refractivity (Wildman–Crippen MR) is 292 cm³/mol. The van der Waals surface area contributed by atoms with Crippen molar-refractivity contribution >= 4 is 11.9 Å². The van der Waals surface area contributed by atoms with Crippen LogP contribution in [0.4, 0.5) is 0 Å². The molecule has 0 rings (SSSR count). The van der Waals surface area contributed by atoms with Crippen molar-refractivity contribution in [3.8, 4) is 0 Å². The molecule has 67 heavy (non-hydrogen) atoms. The Morgan fingerprint density at radius 1 is 0.418 bits per heavy atom. The summed E-state index contributed by atoms with van der Waals surface area (Å²) in [7, 11) is 0. The molecule has 0 saturated heterocycles. The number of aliphatic hydroxyl groups is 2. The standard InChI is InChI=1S/C61H113NO5/c1-3-5-7-9-11-13-15-16-17-29-32-35-39-43-47-51-55-61(66)67-56-52-48-44-40-36-33-30-27-25-23-21-19-18-20-22-24-26-28-31-34-38-42-46-50-54-60(65)62-58(57-63)59(64)53-49-45-41-37-14-12-10-8-6-4-2/h13,15,17,20,22,29,49,53,58-59,63-64H,3-12,14,16,18-19,21,23-28,30-48,50-52,54-57H2,1-2H3,(H,62,65)/b15-13-,22-20-,29-17-,53-49+. The minimum atomic E-state index is -0.846. The van der Waals surface area contributed by atoms with Crippen molar-refractivity contribution in [2.45, 2.75) is 315 Å². The van der Waals surface area contributed by atoms with Crippen molar-refractivity contribution < 1.29 is 24.5 Å². The summed E-state index contributed by atoms with van der Waals surface area (Å²) in [6.07, 6.45) is 71.5. The van der Waals surface area contributed by atoms with Crippen molar-refractivity contribution in [3.63, 3.8) is 0 Å². The monoisotopic (exact) mass is 940 g/mol. The van der Waals surface area contributed by atoms with Gasteiger partial charge in [0.25, 0.3) is 0 Å². The smallest absolute Gasteiger partial charge is 0.305 e. The first-order valence-corrected chi connectivity index (χ1v) is 29.4. The Morgan fingerprint density at radius 2 is 0.746 bits per heavy atom. The first-order valence-electron chi connectivity index (χ1n) is 29.4. The highest BCUT2D eigenvalue weighted by atomic mass is 16.5. The highest BCUT2D eigenvalue weighted by Gasteiger charge is 2.18. The number of esters is 1. The summed E-state index contributed by atoms with van der Waals surface area (Å²) in [6.45, 7) is 4.86. The highest BCUT2D eigenvalue weighted by Crippen LogP contribution is 2.16. The largest absolute Gasteiger partial charge is 0.466 e. The number of amides is 1. The molecule has 0 radical (unpaired) electrons. The Hall–Kier alpha value is -2.18. The molecule has 0 aromatic carbocycles. The lowest BCUT2D eigenvalue weighted by Crippen LogP contribution is -2.45. The Balaban J connectivity index is 3.41. The number of ether oxygens (including phenoxy) is 1. The molecular formula is C61H113NO5. The van der Waals surface area contributed by atoms with E-state index in [-0.39, 0.29) is 18.5 Å². The van der Waals surface area contributed by atoms with Crippen LogP contribution in [0.1, 0.15) is 303 Å². The molecule has 392 valence electrons. The van der Waals surface area contributed by atoms with Crippen LogP contribution in [0.25, 0.3) is 0 Å². The molecule has 0 aromatic rings. The van der Waals surface area contributed by atoms with Crippen molar-refractivity contribution in [1.29, 1.82) is 0 Å². The number of rotatable bonds is 54. The Morgan fingerprint density at radius 3 is 1.16 bits per heavy atom. The third kappa shape index (κ3) is 53.0. The van der Waals surface area contributed by atoms with Crippen LogP contribution < -0.4 is 5.32 Å². The molecule has 0 aromatic heterocycles. The number of carbonyl (C=O) groups is 2. The van der Waals surface area contributed by atoms with Crippen LogP contribution in [-0.2, 0) is 14.3 Å². The van der Waals surface area contributed by atoms with Gasteiger partial charge < -0.3 is 20.3 Å². The maximum absolute atomic E-state index is 12.4. The summed E-state index contributed by atoms with van der Waals surface area (Å²) in [4.78, 5) is 24.4. The zero-order valence-corrected chi connectivity index (χ0v) is 44.6. The molecule has 0 aliphatic heterocycles. The van der Waals surface area contributed by atoms with E-state index in [1.807, 2.05) is 6.08 Å². The van der Waals surface area contributed by atoms with E-state index in [4.69, 9.17) is 4.74 Å². The zero-order chi connectivity index (χ0) is 48.6. The van der Waals surface area contributed by atoms with Crippen molar-refractivity contribution in [1.82, 2.24) is 5.32 Å². The first kappa shape index (κ1) is 64.8. The van der Waals surface area contributed by atoms with Gasteiger partial charge in [-0.1, -0.05) is 249 Å². The summed E-state index contributed by atoms with van der Waals surface area (Å²) in [5.41, 5.74) is 0. The molecule has 0 aliphatic rings. The average Bonchev–Trinajstić information content (AvgIpc) is 3.33. The minimum Gasteiger partial charge on any atom is -0.466 e. The van der Waals surface area contributed by atoms with Gasteiger partial charge in [-0.2, -0.15) is 0 Å². The van der Waals surface area contributed by atoms with E-state index in [0.717, 1.165) is 51.4 Å². The highest BCUT2D eigenvalue weighted by molar-refractivity contribution is 5.76. The summed E-state index contributed by atoms with van der Waals surface area (Å²) in [5.74, 6) is -0.0772. The summed E-state index contributed by atoms with van der Waals surface area (Å²) < 4.78 is 5.48. The fourth-order valence-electron chi connectivity index (χ4n) is 8.78. The van der Waals surface area contributed by atoms with Crippen LogP contribution in [0, 0.1) is 0 Å². The van der Waals surface area contributed by atoms with Crippen molar-refractivity contribution in [2.75, 3.05) is 13.2 Å². The van der Waals surface area contributed by atoms with Crippen LogP contribution in [0.3, 0.4) is 0 Å². The lowest BCUT2D eigenvalue weighted by atomic mass is 10.0. The number of hydrogen-bond donors (Lipinski definition) is 3. The van der Waals surface area contributed by atoms with Crippen molar-refractivity contribution in [2.24, 2.45) is 0 Å². The molecule has 2 unspecified atom stereocenters. The quantitative estimate of drug-likeness (QED) is 0.0321. The van der Waals surface area contributed by atoms with Gasteiger partial charge >= 0.3 is 5.97 Å². The van der Waals surface area contributed by atoms with Gasteiger partial charge in [-0.25, -0.2) is 0 Å². The average molecular weight is 941 g/mol. The van der Waals surface area contributed by atoms with Gasteiger partial charge in [0.05, 0.1) is 25.4 Å².